The van der Waals surface area contributed by atoms with E-state index in [1.807, 2.05) is 68.0 Å². The highest BCUT2D eigenvalue weighted by molar-refractivity contribution is 7.39. The molecule has 8 aromatic rings. The Bertz CT molecular complexity index is 2090. The fourth-order valence-electron chi connectivity index (χ4n) is 7.14. The molecule has 0 unspecified atom stereocenters. The first kappa shape index (κ1) is 25.2. The second kappa shape index (κ2) is 9.34. The highest BCUT2D eigenvalue weighted by atomic mass is 32.1. The van der Waals surface area contributed by atoms with E-state index in [2.05, 4.69) is 85.3 Å². The molecule has 6 heterocycles. The molecule has 0 aliphatic heterocycles. The quantitative estimate of drug-likeness (QED) is 0.170. The van der Waals surface area contributed by atoms with E-state index in [4.69, 9.17) is 0 Å². The molecule has 9 rings (SSSR count). The van der Waals surface area contributed by atoms with Crippen molar-refractivity contribution >= 4 is 106 Å². The SMILES string of the molecule is CCCC1(CCC)c2cc(-c3cc4sc5ccsc5c4s3)ccc2-c2ccc(-c3cc4sc5ccsc5c4s3)cc21. The van der Waals surface area contributed by atoms with Gasteiger partial charge in [-0.2, -0.15) is 0 Å². The molecule has 0 spiro atoms. The van der Waals surface area contributed by atoms with Crippen LogP contribution in [0.2, 0.25) is 0 Å². The Morgan fingerprint density at radius 1 is 0.512 bits per heavy atom. The van der Waals surface area contributed by atoms with E-state index < -0.39 is 0 Å². The molecular weight excluding hydrogens is 613 g/mol. The average molecular weight is 639 g/mol. The third-order valence-corrected chi connectivity index (χ3v) is 16.0. The second-order valence-corrected chi connectivity index (χ2v) is 17.2. The summed E-state index contributed by atoms with van der Waals surface area (Å²) in [5.74, 6) is 0. The maximum Gasteiger partial charge on any atom is 0.0635 e. The van der Waals surface area contributed by atoms with Gasteiger partial charge in [-0.25, -0.2) is 0 Å². The van der Waals surface area contributed by atoms with Crippen LogP contribution in [0.3, 0.4) is 0 Å². The number of fused-ring (bicyclic) bond motifs is 9. The lowest BCUT2D eigenvalue weighted by molar-refractivity contribution is 0.436. The number of hydrogen-bond donors (Lipinski definition) is 0. The molecule has 0 N–H and O–H groups in total. The highest BCUT2D eigenvalue weighted by Crippen LogP contribution is 2.56. The number of hydrogen-bond acceptors (Lipinski definition) is 6. The summed E-state index contributed by atoms with van der Waals surface area (Å²) in [7, 11) is 0. The van der Waals surface area contributed by atoms with Gasteiger partial charge >= 0.3 is 0 Å². The van der Waals surface area contributed by atoms with Gasteiger partial charge in [0.05, 0.1) is 18.8 Å². The van der Waals surface area contributed by atoms with E-state index in [-0.39, 0.29) is 5.41 Å². The summed E-state index contributed by atoms with van der Waals surface area (Å²) in [6.45, 7) is 4.73. The van der Waals surface area contributed by atoms with Crippen LogP contribution in [0, 0.1) is 0 Å². The zero-order valence-corrected chi connectivity index (χ0v) is 27.6. The maximum absolute atomic E-state index is 2.57. The largest absolute Gasteiger partial charge is 0.141 e. The van der Waals surface area contributed by atoms with Crippen LogP contribution in [0.5, 0.6) is 0 Å². The third kappa shape index (κ3) is 3.58. The van der Waals surface area contributed by atoms with Crippen molar-refractivity contribution in [1.82, 2.24) is 0 Å². The molecule has 1 aliphatic rings. The number of benzene rings is 2. The van der Waals surface area contributed by atoms with Gasteiger partial charge in [0.15, 0.2) is 0 Å². The zero-order chi connectivity index (χ0) is 27.3. The Morgan fingerprint density at radius 3 is 1.46 bits per heavy atom. The van der Waals surface area contributed by atoms with Gasteiger partial charge < -0.3 is 0 Å². The van der Waals surface area contributed by atoms with Gasteiger partial charge in [-0.15, -0.1) is 68.0 Å². The van der Waals surface area contributed by atoms with Crippen LogP contribution in [0.1, 0.15) is 50.7 Å². The van der Waals surface area contributed by atoms with Gasteiger partial charge in [0.1, 0.15) is 0 Å². The molecule has 1 aliphatic carbocycles. The van der Waals surface area contributed by atoms with Crippen molar-refractivity contribution in [2.45, 2.75) is 44.9 Å². The summed E-state index contributed by atoms with van der Waals surface area (Å²) in [4.78, 5) is 2.81. The van der Waals surface area contributed by atoms with Gasteiger partial charge in [0.25, 0.3) is 0 Å². The Balaban J connectivity index is 1.20. The predicted molar refractivity (Wildman–Crippen MR) is 191 cm³/mol. The minimum atomic E-state index is 0.0749. The Labute approximate surface area is 263 Å². The van der Waals surface area contributed by atoms with Crippen LogP contribution < -0.4 is 0 Å². The molecular formula is C35H26S6. The normalized spacial score (nSPS) is 14.2. The Morgan fingerprint density at radius 2 is 1.00 bits per heavy atom. The Kier molecular flexibility index (Phi) is 5.74. The number of thiophene rings is 6. The topological polar surface area (TPSA) is 0 Å². The molecule has 202 valence electrons. The first-order valence-corrected chi connectivity index (χ1v) is 19.3. The lowest BCUT2D eigenvalue weighted by Gasteiger charge is -2.32. The van der Waals surface area contributed by atoms with E-state index in [1.165, 1.54) is 95.3 Å². The van der Waals surface area contributed by atoms with Crippen LogP contribution in [-0.4, -0.2) is 0 Å². The summed E-state index contributed by atoms with van der Waals surface area (Å²) in [6, 6.07) is 24.2. The van der Waals surface area contributed by atoms with Crippen molar-refractivity contribution in [3.05, 3.63) is 82.6 Å². The minimum Gasteiger partial charge on any atom is -0.141 e. The van der Waals surface area contributed by atoms with Crippen molar-refractivity contribution in [2.75, 3.05) is 0 Å². The van der Waals surface area contributed by atoms with E-state index in [1.54, 1.807) is 11.1 Å². The minimum absolute atomic E-state index is 0.0749. The van der Waals surface area contributed by atoms with Crippen molar-refractivity contribution in [2.24, 2.45) is 0 Å². The van der Waals surface area contributed by atoms with Gasteiger partial charge in [-0.3, -0.25) is 0 Å². The summed E-state index contributed by atoms with van der Waals surface area (Å²) in [5.41, 5.74) is 8.83. The summed E-state index contributed by atoms with van der Waals surface area (Å²) in [6.07, 6.45) is 4.75. The standard InChI is InChI=1S/C35H26S6/c1-3-11-35(12-4-2)23-15-19(27-17-29-33(40-27)31-25(38-29)9-13-36-31)5-7-21(23)22-8-6-20(16-24(22)35)28-18-30-34(41-28)32-26(39-30)10-14-37-32/h5-10,13-18H,3-4,11-12H2,1-2H3. The molecule has 0 nitrogen and oxygen atoms in total. The lowest BCUT2D eigenvalue weighted by atomic mass is 9.71. The smallest absolute Gasteiger partial charge is 0.0635 e. The molecule has 6 heteroatoms. The van der Waals surface area contributed by atoms with Gasteiger partial charge in [-0.05, 0) is 93.4 Å². The molecule has 0 radical (unpaired) electrons. The molecule has 6 aromatic heterocycles. The van der Waals surface area contributed by atoms with E-state index in [0.717, 1.165) is 0 Å². The van der Waals surface area contributed by atoms with Crippen molar-refractivity contribution < 1.29 is 0 Å². The van der Waals surface area contributed by atoms with Crippen LogP contribution in [0.4, 0.5) is 0 Å². The molecule has 0 bridgehead atoms. The molecule has 2 aromatic carbocycles. The van der Waals surface area contributed by atoms with Crippen molar-refractivity contribution in [3.8, 4) is 32.0 Å². The summed E-state index contributed by atoms with van der Waals surface area (Å²) in [5, 5.41) is 4.46. The maximum atomic E-state index is 2.57. The molecule has 0 atom stereocenters. The molecule has 0 fully saturated rings. The van der Waals surface area contributed by atoms with Crippen LogP contribution >= 0.6 is 68.0 Å². The Hall–Kier alpha value is -2.32. The van der Waals surface area contributed by atoms with E-state index in [0.29, 0.717) is 0 Å². The van der Waals surface area contributed by atoms with Crippen molar-refractivity contribution in [3.63, 3.8) is 0 Å². The third-order valence-electron chi connectivity index (χ3n) is 8.79. The zero-order valence-electron chi connectivity index (χ0n) is 22.7. The molecule has 0 amide bonds. The van der Waals surface area contributed by atoms with E-state index >= 15 is 0 Å². The van der Waals surface area contributed by atoms with Crippen molar-refractivity contribution in [1.29, 1.82) is 0 Å². The highest BCUT2D eigenvalue weighted by Gasteiger charge is 2.42. The lowest BCUT2D eigenvalue weighted by Crippen LogP contribution is -2.25. The van der Waals surface area contributed by atoms with Gasteiger partial charge in [-0.1, -0.05) is 51.0 Å². The summed E-state index contributed by atoms with van der Waals surface area (Å²) < 4.78 is 11.6. The number of rotatable bonds is 6. The summed E-state index contributed by atoms with van der Waals surface area (Å²) >= 11 is 11.6. The fraction of sp³-hybridized carbons (Fsp3) is 0.200. The molecule has 41 heavy (non-hydrogen) atoms. The predicted octanol–water partition coefficient (Wildman–Crippen LogP) is 13.9. The van der Waals surface area contributed by atoms with Crippen LogP contribution in [0.25, 0.3) is 69.6 Å². The average Bonchev–Trinajstić information content (AvgIpc) is 3.80. The van der Waals surface area contributed by atoms with Crippen LogP contribution in [-0.2, 0) is 5.41 Å². The van der Waals surface area contributed by atoms with Crippen LogP contribution in [0.15, 0.2) is 71.4 Å². The monoisotopic (exact) mass is 638 g/mol. The van der Waals surface area contributed by atoms with E-state index in [9.17, 15) is 0 Å². The molecule has 0 saturated heterocycles. The van der Waals surface area contributed by atoms with Gasteiger partial charge in [0.2, 0.25) is 0 Å². The first-order valence-electron chi connectivity index (χ1n) is 14.3. The molecule has 0 saturated carbocycles. The van der Waals surface area contributed by atoms with Gasteiger partial charge in [0, 0.05) is 34.0 Å². The second-order valence-electron chi connectivity index (χ2n) is 11.1. The first-order chi connectivity index (χ1) is 20.2. The fourth-order valence-corrected chi connectivity index (χ4v) is 14.7.